The molecule has 0 heterocycles. The van der Waals surface area contributed by atoms with Gasteiger partial charge in [0.15, 0.2) is 0 Å². The second-order valence-electron chi connectivity index (χ2n) is 5.15. The molecule has 1 aromatic carbocycles. The Balaban J connectivity index is 2.70. The van der Waals surface area contributed by atoms with Crippen LogP contribution in [0.15, 0.2) is 18.2 Å². The Bertz CT molecular complexity index is 534. The Kier molecular flexibility index (Phi) is 6.98. The minimum absolute atomic E-state index is 0.236. The van der Waals surface area contributed by atoms with Crippen molar-refractivity contribution in [2.45, 2.75) is 26.3 Å². The number of urea groups is 1. The van der Waals surface area contributed by atoms with Crippen molar-refractivity contribution >= 4 is 29.3 Å². The van der Waals surface area contributed by atoms with Gasteiger partial charge in [0, 0.05) is 5.69 Å². The lowest BCUT2D eigenvalue weighted by Gasteiger charge is -2.18. The number of esters is 1. The summed E-state index contributed by atoms with van der Waals surface area (Å²) in [7, 11) is 2.80. The molecule has 0 radical (unpaired) electrons. The van der Waals surface area contributed by atoms with E-state index in [0.29, 0.717) is 22.9 Å². The minimum Gasteiger partial charge on any atom is -0.495 e. The minimum atomic E-state index is -0.696. The SMILES string of the molecule is COC(=O)C(CC(C)C)NC(=O)Nc1ccc(OC)c(Cl)c1. The molecule has 122 valence electrons. The Morgan fingerprint density at radius 3 is 2.45 bits per heavy atom. The van der Waals surface area contributed by atoms with Crippen LogP contribution in [0.5, 0.6) is 5.75 Å². The molecule has 0 saturated carbocycles. The largest absolute Gasteiger partial charge is 0.495 e. The summed E-state index contributed by atoms with van der Waals surface area (Å²) in [5, 5.41) is 5.60. The molecule has 6 nitrogen and oxygen atoms in total. The summed E-state index contributed by atoms with van der Waals surface area (Å²) in [5.74, 6) is 0.274. The van der Waals surface area contributed by atoms with E-state index in [4.69, 9.17) is 21.1 Å². The molecule has 0 spiro atoms. The van der Waals surface area contributed by atoms with Gasteiger partial charge in [-0.25, -0.2) is 9.59 Å². The van der Waals surface area contributed by atoms with Crippen LogP contribution >= 0.6 is 11.6 Å². The smallest absolute Gasteiger partial charge is 0.328 e. The molecule has 0 saturated heterocycles. The van der Waals surface area contributed by atoms with Crippen molar-refractivity contribution in [2.24, 2.45) is 5.92 Å². The first-order valence-electron chi connectivity index (χ1n) is 6.86. The second kappa shape index (κ2) is 8.48. The first-order valence-corrected chi connectivity index (χ1v) is 7.24. The van der Waals surface area contributed by atoms with Gasteiger partial charge in [-0.1, -0.05) is 25.4 Å². The highest BCUT2D eigenvalue weighted by atomic mass is 35.5. The fourth-order valence-corrected chi connectivity index (χ4v) is 2.15. The van der Waals surface area contributed by atoms with E-state index in [1.807, 2.05) is 13.8 Å². The number of carbonyl (C=O) groups excluding carboxylic acids is 2. The molecule has 0 aliphatic heterocycles. The highest BCUT2D eigenvalue weighted by Crippen LogP contribution is 2.27. The Morgan fingerprint density at radius 2 is 1.95 bits per heavy atom. The lowest BCUT2D eigenvalue weighted by atomic mass is 10.0. The predicted molar refractivity (Wildman–Crippen MR) is 85.4 cm³/mol. The van der Waals surface area contributed by atoms with Crippen molar-refractivity contribution in [3.8, 4) is 5.75 Å². The van der Waals surface area contributed by atoms with Crippen molar-refractivity contribution < 1.29 is 19.1 Å². The van der Waals surface area contributed by atoms with Crippen LogP contribution in [0.25, 0.3) is 0 Å². The number of rotatable bonds is 6. The molecule has 1 rings (SSSR count). The zero-order chi connectivity index (χ0) is 16.7. The molecule has 0 bridgehead atoms. The molecular formula is C15H21ClN2O4. The first kappa shape index (κ1) is 18.1. The summed E-state index contributed by atoms with van der Waals surface area (Å²) in [6.07, 6.45) is 0.490. The van der Waals surface area contributed by atoms with Gasteiger partial charge in [0.1, 0.15) is 11.8 Å². The van der Waals surface area contributed by atoms with Crippen LogP contribution in [0.4, 0.5) is 10.5 Å². The highest BCUT2D eigenvalue weighted by molar-refractivity contribution is 6.32. The fraction of sp³-hybridized carbons (Fsp3) is 0.467. The van der Waals surface area contributed by atoms with Crippen LogP contribution < -0.4 is 15.4 Å². The van der Waals surface area contributed by atoms with Gasteiger partial charge < -0.3 is 20.1 Å². The van der Waals surface area contributed by atoms with Gasteiger partial charge in [-0.2, -0.15) is 0 Å². The Morgan fingerprint density at radius 1 is 1.27 bits per heavy atom. The third kappa shape index (κ3) is 5.44. The van der Waals surface area contributed by atoms with Crippen LogP contribution in [0.3, 0.4) is 0 Å². The van der Waals surface area contributed by atoms with Crippen LogP contribution in [0, 0.1) is 5.92 Å². The van der Waals surface area contributed by atoms with Crippen molar-refractivity contribution in [1.82, 2.24) is 5.32 Å². The van der Waals surface area contributed by atoms with Gasteiger partial charge in [-0.3, -0.25) is 0 Å². The first-order chi connectivity index (χ1) is 10.4. The third-order valence-corrected chi connectivity index (χ3v) is 3.20. The van der Waals surface area contributed by atoms with E-state index in [1.165, 1.54) is 14.2 Å². The van der Waals surface area contributed by atoms with Crippen LogP contribution in [-0.2, 0) is 9.53 Å². The molecule has 2 N–H and O–H groups in total. The molecule has 1 atom stereocenters. The van der Waals surface area contributed by atoms with Crippen LogP contribution in [0.1, 0.15) is 20.3 Å². The topological polar surface area (TPSA) is 76.7 Å². The molecular weight excluding hydrogens is 308 g/mol. The van der Waals surface area contributed by atoms with Gasteiger partial charge in [0.2, 0.25) is 0 Å². The lowest BCUT2D eigenvalue weighted by molar-refractivity contribution is -0.143. The number of ether oxygens (including phenoxy) is 2. The fourth-order valence-electron chi connectivity index (χ4n) is 1.90. The predicted octanol–water partition coefficient (Wildman–Crippen LogP) is 3.06. The average Bonchev–Trinajstić information content (AvgIpc) is 2.45. The zero-order valence-electron chi connectivity index (χ0n) is 13.1. The highest BCUT2D eigenvalue weighted by Gasteiger charge is 2.22. The molecule has 22 heavy (non-hydrogen) atoms. The maximum atomic E-state index is 12.0. The van der Waals surface area contributed by atoms with Gasteiger partial charge >= 0.3 is 12.0 Å². The van der Waals surface area contributed by atoms with Crippen molar-refractivity contribution in [1.29, 1.82) is 0 Å². The van der Waals surface area contributed by atoms with E-state index in [1.54, 1.807) is 18.2 Å². The van der Waals surface area contributed by atoms with Gasteiger partial charge in [0.05, 0.1) is 19.2 Å². The average molecular weight is 329 g/mol. The van der Waals surface area contributed by atoms with Crippen LogP contribution in [-0.4, -0.2) is 32.3 Å². The van der Waals surface area contributed by atoms with Crippen molar-refractivity contribution in [3.05, 3.63) is 23.2 Å². The van der Waals surface area contributed by atoms with E-state index < -0.39 is 18.0 Å². The van der Waals surface area contributed by atoms with E-state index in [9.17, 15) is 9.59 Å². The standard InChI is InChI=1S/C15H21ClN2O4/c1-9(2)7-12(14(19)22-4)18-15(20)17-10-5-6-13(21-3)11(16)8-10/h5-6,8-9,12H,7H2,1-4H3,(H2,17,18,20). The number of hydrogen-bond acceptors (Lipinski definition) is 4. The van der Waals surface area contributed by atoms with E-state index in [-0.39, 0.29) is 5.92 Å². The van der Waals surface area contributed by atoms with Crippen LogP contribution in [0.2, 0.25) is 5.02 Å². The van der Waals surface area contributed by atoms with E-state index in [0.717, 1.165) is 0 Å². The summed E-state index contributed by atoms with van der Waals surface area (Å²) in [6, 6.07) is 3.66. The molecule has 0 aromatic heterocycles. The molecule has 0 aliphatic carbocycles. The Hall–Kier alpha value is -1.95. The summed E-state index contributed by atoms with van der Waals surface area (Å²) in [4.78, 5) is 23.7. The number of anilines is 1. The number of amides is 2. The summed E-state index contributed by atoms with van der Waals surface area (Å²) < 4.78 is 9.73. The number of carbonyl (C=O) groups is 2. The summed E-state index contributed by atoms with van der Waals surface area (Å²) in [6.45, 7) is 3.91. The maximum absolute atomic E-state index is 12.0. The summed E-state index contributed by atoms with van der Waals surface area (Å²) in [5.41, 5.74) is 0.497. The molecule has 0 aliphatic rings. The normalized spacial score (nSPS) is 11.7. The number of halogens is 1. The van der Waals surface area contributed by atoms with Gasteiger partial charge in [0.25, 0.3) is 0 Å². The van der Waals surface area contributed by atoms with Crippen molar-refractivity contribution in [3.63, 3.8) is 0 Å². The zero-order valence-corrected chi connectivity index (χ0v) is 13.9. The number of hydrogen-bond donors (Lipinski definition) is 2. The van der Waals surface area contributed by atoms with Gasteiger partial charge in [-0.15, -0.1) is 0 Å². The number of methoxy groups -OCH3 is 2. The van der Waals surface area contributed by atoms with Crippen molar-refractivity contribution in [2.75, 3.05) is 19.5 Å². The van der Waals surface area contributed by atoms with E-state index >= 15 is 0 Å². The molecule has 1 unspecified atom stereocenters. The number of nitrogens with one attached hydrogen (secondary N) is 2. The lowest BCUT2D eigenvalue weighted by Crippen LogP contribution is -2.44. The molecule has 1 aromatic rings. The molecule has 0 fully saturated rings. The van der Waals surface area contributed by atoms with E-state index in [2.05, 4.69) is 10.6 Å². The summed E-state index contributed by atoms with van der Waals surface area (Å²) >= 11 is 5.99. The third-order valence-electron chi connectivity index (χ3n) is 2.91. The monoisotopic (exact) mass is 328 g/mol. The second-order valence-corrected chi connectivity index (χ2v) is 5.56. The number of benzene rings is 1. The quantitative estimate of drug-likeness (QED) is 0.787. The Labute approximate surface area is 135 Å². The van der Waals surface area contributed by atoms with Gasteiger partial charge in [-0.05, 0) is 30.5 Å². The maximum Gasteiger partial charge on any atom is 0.328 e. The molecule has 7 heteroatoms. The molecule has 2 amide bonds.